The van der Waals surface area contributed by atoms with Gasteiger partial charge in [0.25, 0.3) is 0 Å². The van der Waals surface area contributed by atoms with Crippen LogP contribution in [0.4, 0.5) is 37.8 Å². The number of nitrogens with one attached hydrogen (secondary N) is 1. The second kappa shape index (κ2) is 12.7. The minimum Gasteiger partial charge on any atom is -0.382 e. The van der Waals surface area contributed by atoms with Gasteiger partial charge >= 0.3 is 11.7 Å². The normalized spacial score (nSPS) is 17.9. The van der Waals surface area contributed by atoms with E-state index in [2.05, 4.69) is 15.2 Å². The fourth-order valence-corrected chi connectivity index (χ4v) is 5.35. The van der Waals surface area contributed by atoms with Crippen LogP contribution >= 0.6 is 11.8 Å². The Balaban J connectivity index is 1.11. The number of carbonyl (C=O) groups excluding carboxylic acids is 1. The summed E-state index contributed by atoms with van der Waals surface area (Å²) in [6.07, 6.45) is -0.805. The van der Waals surface area contributed by atoms with E-state index in [9.17, 15) is 31.1 Å². The van der Waals surface area contributed by atoms with Crippen molar-refractivity contribution in [2.75, 3.05) is 56.0 Å². The van der Waals surface area contributed by atoms with Crippen molar-refractivity contribution in [3.63, 3.8) is 0 Å². The van der Waals surface area contributed by atoms with Crippen LogP contribution in [-0.2, 0) is 11.0 Å². The molecule has 214 valence electrons. The van der Waals surface area contributed by atoms with E-state index in [1.807, 2.05) is 9.80 Å². The van der Waals surface area contributed by atoms with E-state index in [1.165, 1.54) is 18.2 Å². The van der Waals surface area contributed by atoms with Crippen molar-refractivity contribution in [3.05, 3.63) is 48.2 Å². The van der Waals surface area contributed by atoms with E-state index >= 15 is 0 Å². The minimum absolute atomic E-state index is 0.120. The number of benzene rings is 1. The Morgan fingerprint density at radius 2 is 1.59 bits per heavy atom. The molecule has 39 heavy (non-hydrogen) atoms. The maximum absolute atomic E-state index is 12.7. The molecule has 0 bridgehead atoms. The summed E-state index contributed by atoms with van der Waals surface area (Å²) in [5.41, 5.74) is -4.30. The van der Waals surface area contributed by atoms with Gasteiger partial charge in [-0.3, -0.25) is 9.69 Å². The van der Waals surface area contributed by atoms with E-state index in [0.29, 0.717) is 38.4 Å². The van der Waals surface area contributed by atoms with E-state index in [1.54, 1.807) is 12.1 Å². The van der Waals surface area contributed by atoms with Crippen LogP contribution in [0.2, 0.25) is 0 Å². The fourth-order valence-electron chi connectivity index (χ4n) is 4.82. The monoisotopic (exact) mass is 575 g/mol. The number of alkyl halides is 6. The van der Waals surface area contributed by atoms with Crippen molar-refractivity contribution in [2.24, 2.45) is 0 Å². The molecule has 2 aromatic rings. The Labute approximate surface area is 227 Å². The number of likely N-dealkylation sites (tertiary alicyclic amines) is 1. The first-order valence-electron chi connectivity index (χ1n) is 12.9. The maximum Gasteiger partial charge on any atom is 0.446 e. The molecular formula is C26H31F6N5OS. The Kier molecular flexibility index (Phi) is 9.52. The molecular weight excluding hydrogens is 544 g/mol. The highest BCUT2D eigenvalue weighted by atomic mass is 32.2. The van der Waals surface area contributed by atoms with E-state index in [4.69, 9.17) is 0 Å². The first kappa shape index (κ1) is 29.3. The summed E-state index contributed by atoms with van der Waals surface area (Å²) in [6, 6.07) is 8.80. The Morgan fingerprint density at radius 3 is 2.15 bits per heavy atom. The molecule has 0 atom stereocenters. The van der Waals surface area contributed by atoms with Crippen molar-refractivity contribution >= 4 is 29.2 Å². The number of halogens is 6. The smallest absolute Gasteiger partial charge is 0.382 e. The van der Waals surface area contributed by atoms with Gasteiger partial charge in [0.2, 0.25) is 5.91 Å². The van der Waals surface area contributed by atoms with Crippen molar-refractivity contribution in [2.45, 2.75) is 48.3 Å². The SMILES string of the molecule is O=C(CCCN1CCN(c2ccc(C(F)(F)F)cn2)CC1)N1CCC(Nc2ccc(SC(F)(F)F)cc2)CC1. The van der Waals surface area contributed by atoms with Crippen LogP contribution in [0.5, 0.6) is 0 Å². The predicted molar refractivity (Wildman–Crippen MR) is 139 cm³/mol. The predicted octanol–water partition coefficient (Wildman–Crippen LogP) is 5.72. The largest absolute Gasteiger partial charge is 0.446 e. The van der Waals surface area contributed by atoms with Gasteiger partial charge in [0.05, 0.1) is 5.56 Å². The van der Waals surface area contributed by atoms with Gasteiger partial charge in [-0.2, -0.15) is 26.3 Å². The van der Waals surface area contributed by atoms with Gasteiger partial charge in [0, 0.05) is 68.5 Å². The molecule has 2 fully saturated rings. The number of nitrogens with zero attached hydrogens (tertiary/aromatic N) is 4. The number of rotatable bonds is 8. The van der Waals surface area contributed by atoms with Gasteiger partial charge in [-0.05, 0) is 74.0 Å². The minimum atomic E-state index is -4.40. The average Bonchev–Trinajstić information content (AvgIpc) is 2.89. The standard InChI is InChI=1S/C26H31F6N5OS/c27-25(28,29)19-3-8-23(33-18-19)36-16-14-35(15-17-36)11-1-2-24(38)37-12-9-21(10-13-37)34-20-4-6-22(7-5-20)39-26(30,31)32/h3-8,18,21,34H,1-2,9-17H2. The molecule has 1 amide bonds. The molecule has 1 aromatic carbocycles. The molecule has 0 radical (unpaired) electrons. The number of hydrogen-bond acceptors (Lipinski definition) is 6. The highest BCUT2D eigenvalue weighted by Crippen LogP contribution is 2.37. The van der Waals surface area contributed by atoms with Gasteiger partial charge < -0.3 is 15.1 Å². The molecule has 2 saturated heterocycles. The van der Waals surface area contributed by atoms with Crippen LogP contribution in [0.25, 0.3) is 0 Å². The highest BCUT2D eigenvalue weighted by Gasteiger charge is 2.31. The van der Waals surface area contributed by atoms with Crippen molar-refractivity contribution in [1.29, 1.82) is 0 Å². The molecule has 0 saturated carbocycles. The third-order valence-electron chi connectivity index (χ3n) is 6.94. The molecule has 6 nitrogen and oxygen atoms in total. The molecule has 1 N–H and O–H groups in total. The number of aromatic nitrogens is 1. The number of piperazine rings is 1. The van der Waals surface area contributed by atoms with Gasteiger partial charge in [0.15, 0.2) is 0 Å². The van der Waals surface area contributed by atoms with Gasteiger partial charge in [0.1, 0.15) is 5.82 Å². The lowest BCUT2D eigenvalue weighted by Crippen LogP contribution is -2.47. The van der Waals surface area contributed by atoms with E-state index in [-0.39, 0.29) is 28.6 Å². The number of thioether (sulfide) groups is 1. The summed E-state index contributed by atoms with van der Waals surface area (Å²) >= 11 is -0.136. The summed E-state index contributed by atoms with van der Waals surface area (Å²) in [6.45, 7) is 4.89. The Morgan fingerprint density at radius 1 is 0.923 bits per heavy atom. The molecule has 1 aromatic heterocycles. The lowest BCUT2D eigenvalue weighted by Gasteiger charge is -2.36. The molecule has 0 spiro atoms. The Bertz CT molecular complexity index is 1060. The van der Waals surface area contributed by atoms with Gasteiger partial charge in [-0.25, -0.2) is 4.98 Å². The lowest BCUT2D eigenvalue weighted by atomic mass is 10.0. The molecule has 2 aliphatic heterocycles. The van der Waals surface area contributed by atoms with E-state index < -0.39 is 17.2 Å². The summed E-state index contributed by atoms with van der Waals surface area (Å²) < 4.78 is 75.7. The van der Waals surface area contributed by atoms with Crippen molar-refractivity contribution in [3.8, 4) is 0 Å². The molecule has 3 heterocycles. The van der Waals surface area contributed by atoms with Crippen LogP contribution in [0, 0.1) is 0 Å². The number of pyridine rings is 1. The third kappa shape index (κ3) is 8.92. The van der Waals surface area contributed by atoms with Crippen molar-refractivity contribution < 1.29 is 31.1 Å². The molecule has 2 aliphatic rings. The summed E-state index contributed by atoms with van der Waals surface area (Å²) in [4.78, 5) is 22.9. The third-order valence-corrected chi connectivity index (χ3v) is 7.68. The lowest BCUT2D eigenvalue weighted by molar-refractivity contribution is -0.137. The number of hydrogen-bond donors (Lipinski definition) is 1. The zero-order valence-corrected chi connectivity index (χ0v) is 22.1. The van der Waals surface area contributed by atoms with Gasteiger partial charge in [-0.1, -0.05) is 0 Å². The number of piperidine rings is 1. The van der Waals surface area contributed by atoms with Crippen LogP contribution < -0.4 is 10.2 Å². The van der Waals surface area contributed by atoms with Crippen LogP contribution in [0.3, 0.4) is 0 Å². The summed E-state index contributed by atoms with van der Waals surface area (Å²) in [7, 11) is 0. The molecule has 13 heteroatoms. The first-order chi connectivity index (χ1) is 18.5. The summed E-state index contributed by atoms with van der Waals surface area (Å²) in [5.74, 6) is 0.655. The van der Waals surface area contributed by atoms with Crippen LogP contribution in [0.15, 0.2) is 47.5 Å². The first-order valence-corrected chi connectivity index (χ1v) is 13.7. The number of carbonyl (C=O) groups is 1. The zero-order chi connectivity index (χ0) is 28.0. The van der Waals surface area contributed by atoms with Crippen LogP contribution in [-0.4, -0.2) is 78.1 Å². The second-order valence-corrected chi connectivity index (χ2v) is 10.8. The quantitative estimate of drug-likeness (QED) is 0.321. The van der Waals surface area contributed by atoms with Gasteiger partial charge in [-0.15, -0.1) is 0 Å². The Hall–Kier alpha value is -2.67. The molecule has 0 unspecified atom stereocenters. The maximum atomic E-state index is 12.7. The summed E-state index contributed by atoms with van der Waals surface area (Å²) in [5, 5.41) is 3.35. The fraction of sp³-hybridized carbons (Fsp3) is 0.538. The zero-order valence-electron chi connectivity index (χ0n) is 21.3. The number of amides is 1. The number of anilines is 2. The topological polar surface area (TPSA) is 51.7 Å². The van der Waals surface area contributed by atoms with Crippen molar-refractivity contribution in [1.82, 2.24) is 14.8 Å². The highest BCUT2D eigenvalue weighted by molar-refractivity contribution is 8.00. The molecule has 4 rings (SSSR count). The second-order valence-electron chi connectivity index (χ2n) is 9.71. The molecule has 0 aliphatic carbocycles. The van der Waals surface area contributed by atoms with E-state index in [0.717, 1.165) is 56.8 Å². The average molecular weight is 576 g/mol. The van der Waals surface area contributed by atoms with Crippen LogP contribution in [0.1, 0.15) is 31.2 Å².